The van der Waals surface area contributed by atoms with Crippen molar-refractivity contribution in [1.82, 2.24) is 14.7 Å². The maximum Gasteiger partial charge on any atom is 0.320 e. The Bertz CT molecular complexity index is 862. The standard InChI is InChI=1S/C23H33N5O4/c1-18-6-5-11-27(17-18)20-8-7-19(16-21(20)28(31)32)22(29)24-12-14-26(15-13-24)23(30)25-9-3-2-4-10-25/h7-8,16,18H,2-6,9-15,17H2,1H3. The lowest BCUT2D eigenvalue weighted by Gasteiger charge is -2.38. The van der Waals surface area contributed by atoms with Crippen LogP contribution < -0.4 is 4.90 Å². The lowest BCUT2D eigenvalue weighted by molar-refractivity contribution is -0.384. The van der Waals surface area contributed by atoms with Crippen LogP contribution in [-0.2, 0) is 0 Å². The number of piperazine rings is 1. The molecule has 0 saturated carbocycles. The van der Waals surface area contributed by atoms with Gasteiger partial charge in [0.15, 0.2) is 0 Å². The van der Waals surface area contributed by atoms with E-state index >= 15 is 0 Å². The lowest BCUT2D eigenvalue weighted by atomic mass is 9.99. The Morgan fingerprint density at radius 1 is 0.906 bits per heavy atom. The molecule has 4 rings (SSSR count). The highest BCUT2D eigenvalue weighted by molar-refractivity contribution is 5.96. The number of nitrogens with zero attached hydrogens (tertiary/aromatic N) is 5. The second-order valence-corrected chi connectivity index (χ2v) is 9.26. The molecule has 3 amide bonds. The summed E-state index contributed by atoms with van der Waals surface area (Å²) in [4.78, 5) is 44.6. The number of urea groups is 1. The van der Waals surface area contributed by atoms with Crippen molar-refractivity contribution in [3.8, 4) is 0 Å². The summed E-state index contributed by atoms with van der Waals surface area (Å²) in [5.41, 5.74) is 0.917. The molecule has 1 unspecified atom stereocenters. The van der Waals surface area contributed by atoms with Gasteiger partial charge in [-0.25, -0.2) is 4.79 Å². The number of nitro groups is 1. The second kappa shape index (κ2) is 9.75. The van der Waals surface area contributed by atoms with E-state index in [1.54, 1.807) is 17.0 Å². The number of carbonyl (C=O) groups excluding carboxylic acids is 2. The Labute approximate surface area is 189 Å². The number of hydrogen-bond donors (Lipinski definition) is 0. The van der Waals surface area contributed by atoms with Gasteiger partial charge in [0.1, 0.15) is 5.69 Å². The number of piperidine rings is 2. The molecule has 1 aromatic carbocycles. The van der Waals surface area contributed by atoms with Crippen molar-refractivity contribution in [2.45, 2.75) is 39.0 Å². The lowest BCUT2D eigenvalue weighted by Crippen LogP contribution is -2.54. The zero-order valence-corrected chi connectivity index (χ0v) is 18.9. The Hall–Kier alpha value is -2.84. The first-order valence-corrected chi connectivity index (χ1v) is 11.8. The topological polar surface area (TPSA) is 90.2 Å². The quantitative estimate of drug-likeness (QED) is 0.529. The molecule has 0 aromatic heterocycles. The molecule has 1 aromatic rings. The molecular formula is C23H33N5O4. The Morgan fingerprint density at radius 2 is 1.56 bits per heavy atom. The van der Waals surface area contributed by atoms with Crippen LogP contribution in [0.4, 0.5) is 16.2 Å². The molecule has 9 heteroatoms. The molecule has 174 valence electrons. The van der Waals surface area contributed by atoms with Gasteiger partial charge in [0, 0.05) is 64.0 Å². The van der Waals surface area contributed by atoms with Gasteiger partial charge in [0.05, 0.1) is 4.92 Å². The van der Waals surface area contributed by atoms with Crippen LogP contribution in [0.15, 0.2) is 18.2 Å². The van der Waals surface area contributed by atoms with Crippen LogP contribution in [0.3, 0.4) is 0 Å². The number of nitro benzene ring substituents is 1. The van der Waals surface area contributed by atoms with E-state index in [0.717, 1.165) is 51.9 Å². The molecule has 3 aliphatic heterocycles. The highest BCUT2D eigenvalue weighted by Gasteiger charge is 2.30. The third kappa shape index (κ3) is 4.81. The van der Waals surface area contributed by atoms with Gasteiger partial charge in [-0.2, -0.15) is 0 Å². The fourth-order valence-electron chi connectivity index (χ4n) is 5.05. The Kier molecular flexibility index (Phi) is 6.81. The van der Waals surface area contributed by atoms with Crippen molar-refractivity contribution in [3.05, 3.63) is 33.9 Å². The first-order chi connectivity index (χ1) is 15.4. The minimum Gasteiger partial charge on any atom is -0.366 e. The fourth-order valence-corrected chi connectivity index (χ4v) is 5.05. The monoisotopic (exact) mass is 443 g/mol. The molecule has 0 radical (unpaired) electrons. The van der Waals surface area contributed by atoms with E-state index in [0.29, 0.717) is 43.3 Å². The molecule has 3 fully saturated rings. The summed E-state index contributed by atoms with van der Waals surface area (Å²) >= 11 is 0. The van der Waals surface area contributed by atoms with Crippen molar-refractivity contribution < 1.29 is 14.5 Å². The summed E-state index contributed by atoms with van der Waals surface area (Å²) in [6.07, 6.45) is 5.42. The SMILES string of the molecule is CC1CCCN(c2ccc(C(=O)N3CCN(C(=O)N4CCCCC4)CC3)cc2[N+](=O)[O-])C1. The minimum absolute atomic E-state index is 0.0103. The van der Waals surface area contributed by atoms with Crippen molar-refractivity contribution in [2.24, 2.45) is 5.92 Å². The number of carbonyl (C=O) groups is 2. The Morgan fingerprint density at radius 3 is 2.22 bits per heavy atom. The van der Waals surface area contributed by atoms with E-state index in [1.807, 2.05) is 9.80 Å². The van der Waals surface area contributed by atoms with E-state index in [2.05, 4.69) is 11.8 Å². The summed E-state index contributed by atoms with van der Waals surface area (Å²) < 4.78 is 0. The van der Waals surface area contributed by atoms with E-state index in [9.17, 15) is 19.7 Å². The van der Waals surface area contributed by atoms with E-state index in [1.165, 1.54) is 12.5 Å². The maximum atomic E-state index is 13.1. The average molecular weight is 444 g/mol. The summed E-state index contributed by atoms with van der Waals surface area (Å²) in [5.74, 6) is 0.283. The zero-order valence-electron chi connectivity index (χ0n) is 18.9. The van der Waals surface area contributed by atoms with Crippen molar-refractivity contribution >= 4 is 23.3 Å². The number of rotatable bonds is 3. The summed E-state index contributed by atoms with van der Waals surface area (Å²) in [5, 5.41) is 11.8. The third-order valence-electron chi connectivity index (χ3n) is 6.88. The predicted molar refractivity (Wildman–Crippen MR) is 122 cm³/mol. The zero-order chi connectivity index (χ0) is 22.7. The molecule has 3 saturated heterocycles. The molecule has 0 N–H and O–H groups in total. The number of amides is 3. The highest BCUT2D eigenvalue weighted by atomic mass is 16.6. The minimum atomic E-state index is -0.388. The van der Waals surface area contributed by atoms with Gasteiger partial charge < -0.3 is 19.6 Å². The van der Waals surface area contributed by atoms with Crippen molar-refractivity contribution in [2.75, 3.05) is 57.3 Å². The van der Waals surface area contributed by atoms with Gasteiger partial charge in [-0.15, -0.1) is 0 Å². The summed E-state index contributed by atoms with van der Waals surface area (Å²) in [6, 6.07) is 4.91. The first kappa shape index (κ1) is 22.4. The highest BCUT2D eigenvalue weighted by Crippen LogP contribution is 2.33. The number of anilines is 1. The smallest absolute Gasteiger partial charge is 0.320 e. The number of benzene rings is 1. The molecule has 0 spiro atoms. The molecule has 1 atom stereocenters. The summed E-state index contributed by atoms with van der Waals surface area (Å²) in [6.45, 7) is 7.24. The Balaban J connectivity index is 1.41. The van der Waals surface area contributed by atoms with Crippen molar-refractivity contribution in [1.29, 1.82) is 0 Å². The van der Waals surface area contributed by atoms with Crippen LogP contribution in [0.25, 0.3) is 0 Å². The van der Waals surface area contributed by atoms with Crippen LogP contribution >= 0.6 is 0 Å². The maximum absolute atomic E-state index is 13.1. The molecule has 3 aliphatic rings. The predicted octanol–water partition coefficient (Wildman–Crippen LogP) is 3.19. The molecule has 0 bridgehead atoms. The normalized spacial score (nSPS) is 22.1. The number of likely N-dealkylation sites (tertiary alicyclic amines) is 1. The van der Waals surface area contributed by atoms with E-state index in [4.69, 9.17) is 0 Å². The van der Waals surface area contributed by atoms with Crippen molar-refractivity contribution in [3.63, 3.8) is 0 Å². The van der Waals surface area contributed by atoms with Crippen LogP contribution in [-0.4, -0.2) is 83.9 Å². The van der Waals surface area contributed by atoms with Gasteiger partial charge in [0.2, 0.25) is 0 Å². The molecular weight excluding hydrogens is 410 g/mol. The van der Waals surface area contributed by atoms with Gasteiger partial charge in [-0.1, -0.05) is 6.92 Å². The van der Waals surface area contributed by atoms with E-state index < -0.39 is 0 Å². The fraction of sp³-hybridized carbons (Fsp3) is 0.652. The molecule has 3 heterocycles. The van der Waals surface area contributed by atoms with Gasteiger partial charge in [-0.05, 0) is 50.2 Å². The third-order valence-corrected chi connectivity index (χ3v) is 6.88. The largest absolute Gasteiger partial charge is 0.366 e. The molecule has 0 aliphatic carbocycles. The summed E-state index contributed by atoms with van der Waals surface area (Å²) in [7, 11) is 0. The average Bonchev–Trinajstić information content (AvgIpc) is 2.83. The second-order valence-electron chi connectivity index (χ2n) is 9.26. The number of hydrogen-bond acceptors (Lipinski definition) is 5. The van der Waals surface area contributed by atoms with Gasteiger partial charge >= 0.3 is 6.03 Å². The van der Waals surface area contributed by atoms with Crippen LogP contribution in [0.1, 0.15) is 49.4 Å². The van der Waals surface area contributed by atoms with Crippen LogP contribution in [0.2, 0.25) is 0 Å². The first-order valence-electron chi connectivity index (χ1n) is 11.8. The van der Waals surface area contributed by atoms with Crippen LogP contribution in [0.5, 0.6) is 0 Å². The molecule has 32 heavy (non-hydrogen) atoms. The van der Waals surface area contributed by atoms with Crippen LogP contribution in [0, 0.1) is 16.0 Å². The molecule has 9 nitrogen and oxygen atoms in total. The van der Waals surface area contributed by atoms with Gasteiger partial charge in [0.25, 0.3) is 11.6 Å². The van der Waals surface area contributed by atoms with Gasteiger partial charge in [-0.3, -0.25) is 14.9 Å². The van der Waals surface area contributed by atoms with E-state index in [-0.39, 0.29) is 22.5 Å².